The van der Waals surface area contributed by atoms with Crippen LogP contribution >= 0.6 is 0 Å². The minimum absolute atomic E-state index is 0.104. The molecule has 1 aromatic heterocycles. The summed E-state index contributed by atoms with van der Waals surface area (Å²) in [6.07, 6.45) is 12.0. The molecule has 4 rings (SSSR count). The monoisotopic (exact) mass is 341 g/mol. The van der Waals surface area contributed by atoms with Gasteiger partial charge in [0.25, 0.3) is 5.91 Å². The molecule has 1 atom stereocenters. The van der Waals surface area contributed by atoms with Crippen LogP contribution in [0.25, 0.3) is 11.6 Å². The van der Waals surface area contributed by atoms with Gasteiger partial charge in [-0.15, -0.1) is 0 Å². The summed E-state index contributed by atoms with van der Waals surface area (Å²) in [6, 6.07) is 13.0. The lowest BCUT2D eigenvalue weighted by Crippen LogP contribution is -2.27. The second-order valence-electron chi connectivity index (χ2n) is 5.93. The van der Waals surface area contributed by atoms with Crippen molar-refractivity contribution in [2.45, 2.75) is 0 Å². The molecule has 0 saturated heterocycles. The number of carbonyl (C=O) groups is 2. The van der Waals surface area contributed by atoms with Gasteiger partial charge in [0, 0.05) is 5.92 Å². The number of aliphatic imine (C=N–C) groups is 1. The van der Waals surface area contributed by atoms with Gasteiger partial charge in [-0.2, -0.15) is 0 Å². The molecule has 2 aromatic rings. The van der Waals surface area contributed by atoms with Crippen LogP contribution in [0.2, 0.25) is 0 Å². The van der Waals surface area contributed by atoms with Crippen LogP contribution in [-0.4, -0.2) is 17.4 Å². The zero-order valence-corrected chi connectivity index (χ0v) is 13.8. The van der Waals surface area contributed by atoms with E-state index < -0.39 is 5.91 Å². The number of hydrogen-bond acceptors (Lipinski definition) is 3. The van der Waals surface area contributed by atoms with Gasteiger partial charge in [-0.25, -0.2) is 4.99 Å². The highest BCUT2D eigenvalue weighted by Crippen LogP contribution is 2.35. The Morgan fingerprint density at radius 2 is 1.92 bits per heavy atom. The Kier molecular flexibility index (Phi) is 4.15. The Bertz CT molecular complexity index is 1000. The molecular weight excluding hydrogens is 326 g/mol. The topological polar surface area (TPSA) is 59.6 Å². The van der Waals surface area contributed by atoms with Crippen molar-refractivity contribution < 1.29 is 14.0 Å². The van der Waals surface area contributed by atoms with Crippen LogP contribution in [0.1, 0.15) is 11.3 Å². The van der Waals surface area contributed by atoms with Crippen molar-refractivity contribution in [1.29, 1.82) is 0 Å². The Morgan fingerprint density at radius 1 is 1.08 bits per heavy atom. The zero-order valence-electron chi connectivity index (χ0n) is 13.8. The van der Waals surface area contributed by atoms with E-state index in [-0.39, 0.29) is 17.3 Å². The molecule has 26 heavy (non-hydrogen) atoms. The molecule has 1 aliphatic carbocycles. The number of nitrogens with zero attached hydrogens (tertiary/aromatic N) is 1. The molecule has 0 bridgehead atoms. The number of carbonyl (C=O) groups excluding carboxylic acids is 2. The van der Waals surface area contributed by atoms with Gasteiger partial charge in [-0.05, 0) is 41.5 Å². The lowest BCUT2D eigenvalue weighted by atomic mass is 9.80. The smallest absolute Gasteiger partial charge is 0.281 e. The van der Waals surface area contributed by atoms with Crippen molar-refractivity contribution in [3.63, 3.8) is 0 Å². The van der Waals surface area contributed by atoms with E-state index in [0.717, 1.165) is 5.56 Å². The van der Waals surface area contributed by atoms with Gasteiger partial charge < -0.3 is 4.42 Å². The number of amides is 1. The van der Waals surface area contributed by atoms with Crippen LogP contribution in [0, 0.1) is 5.92 Å². The molecule has 4 heteroatoms. The molecular formula is C22H15NO3. The van der Waals surface area contributed by atoms with Crippen LogP contribution in [0.3, 0.4) is 0 Å². The average molecular weight is 341 g/mol. The van der Waals surface area contributed by atoms with Gasteiger partial charge in [-0.3, -0.25) is 9.59 Å². The Morgan fingerprint density at radius 3 is 2.69 bits per heavy atom. The number of allylic oxidation sites excluding steroid dienone is 6. The van der Waals surface area contributed by atoms with Crippen molar-refractivity contribution in [3.05, 3.63) is 96.0 Å². The summed E-state index contributed by atoms with van der Waals surface area (Å²) in [5.74, 6) is -0.552. The lowest BCUT2D eigenvalue weighted by molar-refractivity contribution is -0.118. The summed E-state index contributed by atoms with van der Waals surface area (Å²) in [4.78, 5) is 29.6. The molecule has 2 aliphatic rings. The van der Waals surface area contributed by atoms with E-state index in [0.29, 0.717) is 17.0 Å². The van der Waals surface area contributed by atoms with E-state index in [1.165, 1.54) is 12.3 Å². The Balaban J connectivity index is 1.82. The predicted octanol–water partition coefficient (Wildman–Crippen LogP) is 4.04. The van der Waals surface area contributed by atoms with Gasteiger partial charge in [0.2, 0.25) is 0 Å². The molecule has 0 radical (unpaired) electrons. The zero-order chi connectivity index (χ0) is 17.9. The van der Waals surface area contributed by atoms with Gasteiger partial charge in [-0.1, -0.05) is 48.6 Å². The second-order valence-corrected chi connectivity index (χ2v) is 5.93. The molecule has 4 nitrogen and oxygen atoms in total. The van der Waals surface area contributed by atoms with E-state index in [4.69, 9.17) is 4.42 Å². The van der Waals surface area contributed by atoms with E-state index in [1.807, 2.05) is 54.6 Å². The fourth-order valence-corrected chi connectivity index (χ4v) is 3.13. The first-order valence-corrected chi connectivity index (χ1v) is 8.27. The molecule has 0 fully saturated rings. The highest BCUT2D eigenvalue weighted by atomic mass is 16.3. The lowest BCUT2D eigenvalue weighted by Gasteiger charge is -2.25. The van der Waals surface area contributed by atoms with Gasteiger partial charge in [0.1, 0.15) is 5.76 Å². The molecule has 1 aromatic carbocycles. The van der Waals surface area contributed by atoms with Crippen LogP contribution in [0.5, 0.6) is 0 Å². The minimum Gasteiger partial charge on any atom is -0.465 e. The van der Waals surface area contributed by atoms with Gasteiger partial charge in [0.05, 0.1) is 17.5 Å². The van der Waals surface area contributed by atoms with E-state index in [9.17, 15) is 9.59 Å². The van der Waals surface area contributed by atoms with Crippen molar-refractivity contribution in [3.8, 4) is 0 Å². The molecule has 126 valence electrons. The summed E-state index contributed by atoms with van der Waals surface area (Å²) in [5, 5.41) is 0. The number of rotatable bonds is 4. The third-order valence-corrected chi connectivity index (χ3v) is 4.30. The maximum absolute atomic E-state index is 12.8. The van der Waals surface area contributed by atoms with Crippen LogP contribution in [0.15, 0.2) is 94.1 Å². The second kappa shape index (κ2) is 6.76. The SMILES string of the molecule is O=C(/C=C/c1ccco1)C1=C(c2ccccc2)C2C=CC=CC2=NC1=O. The van der Waals surface area contributed by atoms with E-state index >= 15 is 0 Å². The number of dihydropyridines is 1. The summed E-state index contributed by atoms with van der Waals surface area (Å²) in [7, 11) is 0. The first-order valence-electron chi connectivity index (χ1n) is 8.27. The first-order chi connectivity index (χ1) is 12.7. The predicted molar refractivity (Wildman–Crippen MR) is 100 cm³/mol. The van der Waals surface area contributed by atoms with Crippen molar-refractivity contribution in [2.24, 2.45) is 10.9 Å². The van der Waals surface area contributed by atoms with Gasteiger partial charge in [0.15, 0.2) is 5.78 Å². The molecule has 1 unspecified atom stereocenters. The summed E-state index contributed by atoms with van der Waals surface area (Å²) in [5.41, 5.74) is 2.29. The maximum Gasteiger partial charge on any atom is 0.281 e. The molecule has 0 saturated carbocycles. The third-order valence-electron chi connectivity index (χ3n) is 4.30. The fraction of sp³-hybridized carbons (Fsp3) is 0.0455. The Hall–Kier alpha value is -3.53. The highest BCUT2D eigenvalue weighted by Gasteiger charge is 2.33. The highest BCUT2D eigenvalue weighted by molar-refractivity contribution is 6.34. The van der Waals surface area contributed by atoms with Crippen molar-refractivity contribution in [1.82, 2.24) is 0 Å². The number of benzene rings is 1. The largest absolute Gasteiger partial charge is 0.465 e. The summed E-state index contributed by atoms with van der Waals surface area (Å²) in [6.45, 7) is 0. The normalized spacial score (nSPS) is 19.0. The van der Waals surface area contributed by atoms with Crippen LogP contribution in [-0.2, 0) is 9.59 Å². The molecule has 1 aliphatic heterocycles. The number of furan rings is 1. The maximum atomic E-state index is 12.8. The fourth-order valence-electron chi connectivity index (χ4n) is 3.13. The Labute approximate surface area is 150 Å². The quantitative estimate of drug-likeness (QED) is 0.623. The molecule has 1 amide bonds. The van der Waals surface area contributed by atoms with Crippen LogP contribution < -0.4 is 0 Å². The van der Waals surface area contributed by atoms with E-state index in [1.54, 1.807) is 18.2 Å². The van der Waals surface area contributed by atoms with Crippen molar-refractivity contribution in [2.75, 3.05) is 0 Å². The van der Waals surface area contributed by atoms with Crippen LogP contribution in [0.4, 0.5) is 0 Å². The third kappa shape index (κ3) is 2.93. The summed E-state index contributed by atoms with van der Waals surface area (Å²) >= 11 is 0. The summed E-state index contributed by atoms with van der Waals surface area (Å²) < 4.78 is 5.21. The van der Waals surface area contributed by atoms with Gasteiger partial charge >= 0.3 is 0 Å². The number of hydrogen-bond donors (Lipinski definition) is 0. The minimum atomic E-state index is -0.510. The number of fused-ring (bicyclic) bond motifs is 1. The van der Waals surface area contributed by atoms with Crippen molar-refractivity contribution >= 4 is 29.1 Å². The van der Waals surface area contributed by atoms with E-state index in [2.05, 4.69) is 4.99 Å². The standard InChI is InChI=1S/C22H15NO3/c24-19(13-12-16-9-6-14-26-16)21-20(15-7-2-1-3-8-15)17-10-4-5-11-18(17)23-22(21)25/h1-14,17H/b13-12+. The molecule has 0 N–H and O–H groups in total. The number of ketones is 1. The molecule has 2 heterocycles. The molecule has 0 spiro atoms. The first kappa shape index (κ1) is 16.0. The average Bonchev–Trinajstić information content (AvgIpc) is 3.19.